The predicted molar refractivity (Wildman–Crippen MR) is 69.7 cm³/mol. The average molecular weight is 231 g/mol. The molecule has 1 heterocycles. The third-order valence-electron chi connectivity index (χ3n) is 3.80. The summed E-state index contributed by atoms with van der Waals surface area (Å²) < 4.78 is 0. The SMILES string of the molecule is CC1(C)CN(Cc2ccccc2)CCC1C=O. The van der Waals surface area contributed by atoms with Gasteiger partial charge in [0.15, 0.2) is 0 Å². The Kier molecular flexibility index (Phi) is 3.63. The highest BCUT2D eigenvalue weighted by Crippen LogP contribution is 2.33. The fourth-order valence-electron chi connectivity index (χ4n) is 2.71. The highest BCUT2D eigenvalue weighted by Gasteiger charge is 2.35. The molecule has 17 heavy (non-hydrogen) atoms. The first kappa shape index (κ1) is 12.3. The van der Waals surface area contributed by atoms with Crippen molar-refractivity contribution in [2.24, 2.45) is 11.3 Å². The minimum absolute atomic E-state index is 0.106. The Hall–Kier alpha value is -1.15. The number of hydrogen-bond donors (Lipinski definition) is 0. The zero-order chi connectivity index (χ0) is 12.3. The smallest absolute Gasteiger partial charge is 0.123 e. The maximum atomic E-state index is 11.0. The highest BCUT2D eigenvalue weighted by molar-refractivity contribution is 5.55. The van der Waals surface area contributed by atoms with E-state index < -0.39 is 0 Å². The number of aldehydes is 1. The highest BCUT2D eigenvalue weighted by atomic mass is 16.1. The maximum absolute atomic E-state index is 11.0. The molecule has 92 valence electrons. The van der Waals surface area contributed by atoms with Crippen LogP contribution in [0.3, 0.4) is 0 Å². The molecule has 0 spiro atoms. The van der Waals surface area contributed by atoms with Gasteiger partial charge in [-0.1, -0.05) is 44.2 Å². The molecule has 0 amide bonds. The van der Waals surface area contributed by atoms with Crippen LogP contribution in [0.4, 0.5) is 0 Å². The topological polar surface area (TPSA) is 20.3 Å². The van der Waals surface area contributed by atoms with E-state index in [1.54, 1.807) is 0 Å². The summed E-state index contributed by atoms with van der Waals surface area (Å²) in [7, 11) is 0. The van der Waals surface area contributed by atoms with Gasteiger partial charge in [-0.25, -0.2) is 0 Å². The number of piperidine rings is 1. The van der Waals surface area contributed by atoms with Crippen LogP contribution >= 0.6 is 0 Å². The largest absolute Gasteiger partial charge is 0.303 e. The van der Waals surface area contributed by atoms with Crippen LogP contribution in [-0.4, -0.2) is 24.3 Å². The van der Waals surface area contributed by atoms with Crippen molar-refractivity contribution >= 4 is 6.29 Å². The number of carbonyl (C=O) groups is 1. The number of rotatable bonds is 3. The van der Waals surface area contributed by atoms with Crippen LogP contribution in [0.25, 0.3) is 0 Å². The second-order valence-corrected chi connectivity index (χ2v) is 5.72. The summed E-state index contributed by atoms with van der Waals surface area (Å²) in [6.07, 6.45) is 2.13. The molecule has 1 fully saturated rings. The minimum atomic E-state index is 0.106. The molecule has 1 aliphatic heterocycles. The molecule has 1 saturated heterocycles. The van der Waals surface area contributed by atoms with Crippen molar-refractivity contribution in [1.29, 1.82) is 0 Å². The van der Waals surface area contributed by atoms with Gasteiger partial charge in [0.25, 0.3) is 0 Å². The van der Waals surface area contributed by atoms with E-state index in [0.29, 0.717) is 0 Å². The van der Waals surface area contributed by atoms with Crippen molar-refractivity contribution in [1.82, 2.24) is 4.90 Å². The first-order valence-electron chi connectivity index (χ1n) is 6.33. The van der Waals surface area contributed by atoms with Crippen LogP contribution < -0.4 is 0 Å². The Labute approximate surface area is 104 Å². The molecule has 0 N–H and O–H groups in total. The molecule has 0 bridgehead atoms. The standard InChI is InChI=1S/C15H21NO/c1-15(2)12-16(9-8-14(15)11-17)10-13-6-4-3-5-7-13/h3-7,11,14H,8-10,12H2,1-2H3. The zero-order valence-electron chi connectivity index (χ0n) is 10.7. The molecule has 1 aromatic carbocycles. The number of likely N-dealkylation sites (tertiary alicyclic amines) is 1. The zero-order valence-corrected chi connectivity index (χ0v) is 10.7. The number of carbonyl (C=O) groups excluding carboxylic acids is 1. The molecule has 1 atom stereocenters. The summed E-state index contributed by atoms with van der Waals surface area (Å²) in [6, 6.07) is 10.5. The van der Waals surface area contributed by atoms with Gasteiger partial charge >= 0.3 is 0 Å². The molecule has 1 aliphatic rings. The molecule has 2 nitrogen and oxygen atoms in total. The first-order valence-corrected chi connectivity index (χ1v) is 6.33. The average Bonchev–Trinajstić information content (AvgIpc) is 2.29. The fraction of sp³-hybridized carbons (Fsp3) is 0.533. The van der Waals surface area contributed by atoms with Crippen molar-refractivity contribution < 1.29 is 4.79 Å². The third kappa shape index (κ3) is 2.95. The molecule has 2 heteroatoms. The fourth-order valence-corrected chi connectivity index (χ4v) is 2.71. The van der Waals surface area contributed by atoms with Gasteiger partial charge in [-0.05, 0) is 23.9 Å². The van der Waals surface area contributed by atoms with Gasteiger partial charge in [-0.2, -0.15) is 0 Å². The van der Waals surface area contributed by atoms with E-state index in [1.807, 2.05) is 6.07 Å². The molecular formula is C15H21NO. The Morgan fingerprint density at radius 3 is 2.65 bits per heavy atom. The van der Waals surface area contributed by atoms with E-state index in [9.17, 15) is 4.79 Å². The van der Waals surface area contributed by atoms with Crippen LogP contribution in [0.1, 0.15) is 25.8 Å². The van der Waals surface area contributed by atoms with Crippen LogP contribution in [0.2, 0.25) is 0 Å². The third-order valence-corrected chi connectivity index (χ3v) is 3.80. The van der Waals surface area contributed by atoms with E-state index in [2.05, 4.69) is 43.0 Å². The van der Waals surface area contributed by atoms with Gasteiger partial charge < -0.3 is 4.79 Å². The number of nitrogens with zero attached hydrogens (tertiary/aromatic N) is 1. The summed E-state index contributed by atoms with van der Waals surface area (Å²) in [4.78, 5) is 13.5. The molecule has 1 unspecified atom stereocenters. The maximum Gasteiger partial charge on any atom is 0.123 e. The minimum Gasteiger partial charge on any atom is -0.303 e. The van der Waals surface area contributed by atoms with Gasteiger partial charge in [0.2, 0.25) is 0 Å². The van der Waals surface area contributed by atoms with Crippen molar-refractivity contribution in [3.05, 3.63) is 35.9 Å². The van der Waals surface area contributed by atoms with Gasteiger partial charge in [-0.15, -0.1) is 0 Å². The molecule has 0 saturated carbocycles. The van der Waals surface area contributed by atoms with E-state index >= 15 is 0 Å². The number of hydrogen-bond acceptors (Lipinski definition) is 2. The van der Waals surface area contributed by atoms with Crippen LogP contribution in [0.5, 0.6) is 0 Å². The van der Waals surface area contributed by atoms with Crippen LogP contribution in [0, 0.1) is 11.3 Å². The first-order chi connectivity index (χ1) is 8.12. The summed E-state index contributed by atoms with van der Waals surface area (Å²) in [5, 5.41) is 0. The van der Waals surface area contributed by atoms with Crippen molar-refractivity contribution in [3.63, 3.8) is 0 Å². The van der Waals surface area contributed by atoms with Crippen molar-refractivity contribution in [3.8, 4) is 0 Å². The Morgan fingerprint density at radius 2 is 2.06 bits per heavy atom. The monoisotopic (exact) mass is 231 g/mol. The lowest BCUT2D eigenvalue weighted by Gasteiger charge is -2.42. The molecule has 0 radical (unpaired) electrons. The number of benzene rings is 1. The normalized spacial score (nSPS) is 24.5. The van der Waals surface area contributed by atoms with Gasteiger partial charge in [0.05, 0.1) is 0 Å². The van der Waals surface area contributed by atoms with Gasteiger partial charge in [0, 0.05) is 19.0 Å². The summed E-state index contributed by atoms with van der Waals surface area (Å²) in [5.74, 6) is 0.217. The Balaban J connectivity index is 1.99. The lowest BCUT2D eigenvalue weighted by atomic mass is 9.74. The summed E-state index contributed by atoms with van der Waals surface area (Å²) >= 11 is 0. The molecular weight excluding hydrogens is 210 g/mol. The van der Waals surface area contributed by atoms with E-state index in [0.717, 1.165) is 32.3 Å². The van der Waals surface area contributed by atoms with Gasteiger partial charge in [0.1, 0.15) is 6.29 Å². The van der Waals surface area contributed by atoms with E-state index in [1.165, 1.54) is 5.56 Å². The Morgan fingerprint density at radius 1 is 1.35 bits per heavy atom. The molecule has 0 aliphatic carbocycles. The predicted octanol–water partition coefficient (Wildman–Crippen LogP) is 2.73. The van der Waals surface area contributed by atoms with E-state index in [-0.39, 0.29) is 11.3 Å². The van der Waals surface area contributed by atoms with Crippen LogP contribution in [-0.2, 0) is 11.3 Å². The van der Waals surface area contributed by atoms with Crippen molar-refractivity contribution in [2.75, 3.05) is 13.1 Å². The molecule has 0 aromatic heterocycles. The van der Waals surface area contributed by atoms with Crippen molar-refractivity contribution in [2.45, 2.75) is 26.8 Å². The van der Waals surface area contributed by atoms with Gasteiger partial charge in [-0.3, -0.25) is 4.90 Å². The molecule has 1 aromatic rings. The summed E-state index contributed by atoms with van der Waals surface area (Å²) in [5.41, 5.74) is 1.46. The quantitative estimate of drug-likeness (QED) is 0.745. The lowest BCUT2D eigenvalue weighted by molar-refractivity contribution is -0.117. The Bertz CT molecular complexity index is 372. The second kappa shape index (κ2) is 5.01. The second-order valence-electron chi connectivity index (χ2n) is 5.72. The van der Waals surface area contributed by atoms with Crippen LogP contribution in [0.15, 0.2) is 30.3 Å². The lowest BCUT2D eigenvalue weighted by Crippen LogP contribution is -2.45. The van der Waals surface area contributed by atoms with E-state index in [4.69, 9.17) is 0 Å². The summed E-state index contributed by atoms with van der Waals surface area (Å²) in [6.45, 7) is 7.43. The molecule has 2 rings (SSSR count).